The van der Waals surface area contributed by atoms with Gasteiger partial charge < -0.3 is 10.1 Å². The van der Waals surface area contributed by atoms with Gasteiger partial charge in [-0.05, 0) is 42.8 Å². The lowest BCUT2D eigenvalue weighted by atomic mass is 10.1. The number of nitrogens with one attached hydrogen (secondary N) is 1. The number of halogens is 1. The molecule has 1 aliphatic rings. The van der Waals surface area contributed by atoms with Crippen LogP contribution in [0.25, 0.3) is 6.08 Å². The van der Waals surface area contributed by atoms with Crippen LogP contribution in [0.2, 0.25) is 0 Å². The molecule has 0 atom stereocenters. The van der Waals surface area contributed by atoms with Crippen molar-refractivity contribution in [2.24, 2.45) is 0 Å². The third kappa shape index (κ3) is 2.79. The average molecular weight is 283 g/mol. The molecule has 3 nitrogen and oxygen atoms in total. The van der Waals surface area contributed by atoms with Gasteiger partial charge in [0.05, 0.1) is 5.57 Å². The van der Waals surface area contributed by atoms with Crippen LogP contribution >= 0.6 is 0 Å². The van der Waals surface area contributed by atoms with E-state index in [0.717, 1.165) is 11.3 Å². The van der Waals surface area contributed by atoms with Crippen molar-refractivity contribution in [2.45, 2.75) is 6.92 Å². The van der Waals surface area contributed by atoms with Crippen LogP contribution in [0.4, 0.5) is 10.1 Å². The zero-order valence-electron chi connectivity index (χ0n) is 11.5. The molecular formula is C17H14FNO2. The van der Waals surface area contributed by atoms with Gasteiger partial charge in [-0.2, -0.15) is 0 Å². The molecule has 0 saturated heterocycles. The Bertz CT molecular complexity index is 737. The van der Waals surface area contributed by atoms with Crippen molar-refractivity contribution in [1.29, 1.82) is 0 Å². The monoisotopic (exact) mass is 283 g/mol. The van der Waals surface area contributed by atoms with E-state index in [1.165, 1.54) is 12.1 Å². The summed E-state index contributed by atoms with van der Waals surface area (Å²) in [5.74, 6) is 0.214. The SMILES string of the molecule is Cc1cc(F)ccc1NC(=O)C1=Cc2ccccc2OC1. The second kappa shape index (κ2) is 5.40. The Morgan fingerprint density at radius 3 is 2.86 bits per heavy atom. The zero-order valence-corrected chi connectivity index (χ0v) is 11.5. The minimum atomic E-state index is -0.320. The number of carbonyl (C=O) groups is 1. The van der Waals surface area contributed by atoms with Gasteiger partial charge in [0.1, 0.15) is 18.2 Å². The van der Waals surface area contributed by atoms with Crippen LogP contribution in [0.3, 0.4) is 0 Å². The summed E-state index contributed by atoms with van der Waals surface area (Å²) in [5, 5.41) is 2.78. The van der Waals surface area contributed by atoms with Crippen molar-refractivity contribution in [3.8, 4) is 5.75 Å². The highest BCUT2D eigenvalue weighted by atomic mass is 19.1. The topological polar surface area (TPSA) is 38.3 Å². The molecule has 106 valence electrons. The predicted molar refractivity (Wildman–Crippen MR) is 79.7 cm³/mol. The summed E-state index contributed by atoms with van der Waals surface area (Å²) in [5.41, 5.74) is 2.70. The fourth-order valence-electron chi connectivity index (χ4n) is 2.22. The van der Waals surface area contributed by atoms with Crippen molar-refractivity contribution >= 4 is 17.7 Å². The molecule has 1 amide bonds. The number of aryl methyl sites for hydroxylation is 1. The Morgan fingerprint density at radius 1 is 1.24 bits per heavy atom. The first-order valence-electron chi connectivity index (χ1n) is 6.63. The normalized spacial score (nSPS) is 13.0. The summed E-state index contributed by atoms with van der Waals surface area (Å²) in [7, 11) is 0. The van der Waals surface area contributed by atoms with Gasteiger partial charge in [-0.3, -0.25) is 4.79 Å². The number of para-hydroxylation sites is 1. The molecule has 1 aliphatic heterocycles. The lowest BCUT2D eigenvalue weighted by molar-refractivity contribution is -0.113. The molecule has 21 heavy (non-hydrogen) atoms. The largest absolute Gasteiger partial charge is 0.488 e. The van der Waals surface area contributed by atoms with E-state index in [2.05, 4.69) is 5.32 Å². The number of benzene rings is 2. The van der Waals surface area contributed by atoms with Crippen molar-refractivity contribution in [3.05, 3.63) is 65.0 Å². The Balaban J connectivity index is 1.82. The van der Waals surface area contributed by atoms with E-state index >= 15 is 0 Å². The molecule has 0 unspecified atom stereocenters. The van der Waals surface area contributed by atoms with Crippen LogP contribution in [0.5, 0.6) is 5.75 Å². The van der Waals surface area contributed by atoms with E-state index in [1.807, 2.05) is 30.3 Å². The van der Waals surface area contributed by atoms with Gasteiger partial charge >= 0.3 is 0 Å². The third-order valence-corrected chi connectivity index (χ3v) is 3.36. The molecule has 0 aromatic heterocycles. The number of hydrogen-bond donors (Lipinski definition) is 1. The summed E-state index contributed by atoms with van der Waals surface area (Å²) in [6.45, 7) is 1.98. The maximum absolute atomic E-state index is 13.1. The maximum atomic E-state index is 13.1. The number of anilines is 1. The predicted octanol–water partition coefficient (Wildman–Crippen LogP) is 3.55. The highest BCUT2D eigenvalue weighted by Crippen LogP contribution is 2.26. The van der Waals surface area contributed by atoms with Gasteiger partial charge in [0.15, 0.2) is 0 Å². The summed E-state index contributed by atoms with van der Waals surface area (Å²) in [6, 6.07) is 11.8. The van der Waals surface area contributed by atoms with Crippen molar-refractivity contribution < 1.29 is 13.9 Å². The van der Waals surface area contributed by atoms with Crippen LogP contribution in [-0.2, 0) is 4.79 Å². The Kier molecular flexibility index (Phi) is 3.44. The van der Waals surface area contributed by atoms with Crippen molar-refractivity contribution in [2.75, 3.05) is 11.9 Å². The number of ether oxygens (including phenoxy) is 1. The number of hydrogen-bond acceptors (Lipinski definition) is 2. The highest BCUT2D eigenvalue weighted by Gasteiger charge is 2.17. The number of carbonyl (C=O) groups excluding carboxylic acids is 1. The van der Waals surface area contributed by atoms with Gasteiger partial charge in [-0.25, -0.2) is 4.39 Å². The zero-order chi connectivity index (χ0) is 14.8. The van der Waals surface area contributed by atoms with Crippen LogP contribution in [0.1, 0.15) is 11.1 Å². The third-order valence-electron chi connectivity index (χ3n) is 3.36. The molecule has 0 fully saturated rings. The lowest BCUT2D eigenvalue weighted by Crippen LogP contribution is -2.21. The second-order valence-electron chi connectivity index (χ2n) is 4.91. The minimum Gasteiger partial charge on any atom is -0.488 e. The molecule has 2 aromatic carbocycles. The molecular weight excluding hydrogens is 269 g/mol. The summed E-state index contributed by atoms with van der Waals surface area (Å²) in [6.07, 6.45) is 1.81. The molecule has 0 radical (unpaired) electrons. The van der Waals surface area contributed by atoms with Gasteiger partial charge in [-0.1, -0.05) is 18.2 Å². The van der Waals surface area contributed by atoms with Crippen LogP contribution in [-0.4, -0.2) is 12.5 Å². The van der Waals surface area contributed by atoms with Crippen LogP contribution < -0.4 is 10.1 Å². The molecule has 1 heterocycles. The number of fused-ring (bicyclic) bond motifs is 1. The summed E-state index contributed by atoms with van der Waals surface area (Å²) in [4.78, 5) is 12.3. The van der Waals surface area contributed by atoms with E-state index in [9.17, 15) is 9.18 Å². The van der Waals surface area contributed by atoms with Crippen molar-refractivity contribution in [3.63, 3.8) is 0 Å². The Labute approximate surface area is 122 Å². The first-order chi connectivity index (χ1) is 10.1. The van der Waals surface area contributed by atoms with E-state index in [4.69, 9.17) is 4.74 Å². The molecule has 3 rings (SSSR count). The number of rotatable bonds is 2. The second-order valence-corrected chi connectivity index (χ2v) is 4.91. The first kappa shape index (κ1) is 13.4. The first-order valence-corrected chi connectivity index (χ1v) is 6.63. The quantitative estimate of drug-likeness (QED) is 0.915. The van der Waals surface area contributed by atoms with E-state index in [1.54, 1.807) is 13.0 Å². The van der Waals surface area contributed by atoms with Crippen molar-refractivity contribution in [1.82, 2.24) is 0 Å². The molecule has 0 aliphatic carbocycles. The van der Waals surface area contributed by atoms with Crippen LogP contribution in [0, 0.1) is 12.7 Å². The van der Waals surface area contributed by atoms with Crippen LogP contribution in [0.15, 0.2) is 48.0 Å². The van der Waals surface area contributed by atoms with Gasteiger partial charge in [0, 0.05) is 11.3 Å². The highest BCUT2D eigenvalue weighted by molar-refractivity contribution is 6.07. The molecule has 1 N–H and O–H groups in total. The smallest absolute Gasteiger partial charge is 0.255 e. The Hall–Kier alpha value is -2.62. The van der Waals surface area contributed by atoms with E-state index in [-0.39, 0.29) is 18.3 Å². The standard InChI is InChI=1S/C17H14FNO2/c1-11-8-14(18)6-7-15(11)19-17(20)13-9-12-4-2-3-5-16(12)21-10-13/h2-9H,10H2,1H3,(H,19,20). The fourth-order valence-corrected chi connectivity index (χ4v) is 2.22. The maximum Gasteiger partial charge on any atom is 0.255 e. The fraction of sp³-hybridized carbons (Fsp3) is 0.118. The van der Waals surface area contributed by atoms with E-state index in [0.29, 0.717) is 16.8 Å². The molecule has 0 spiro atoms. The lowest BCUT2D eigenvalue weighted by Gasteiger charge is -2.18. The molecule has 0 bridgehead atoms. The van der Waals surface area contributed by atoms with E-state index < -0.39 is 0 Å². The van der Waals surface area contributed by atoms with Gasteiger partial charge in [0.2, 0.25) is 0 Å². The van der Waals surface area contributed by atoms with Gasteiger partial charge in [0.25, 0.3) is 5.91 Å². The molecule has 4 heteroatoms. The van der Waals surface area contributed by atoms with Gasteiger partial charge in [-0.15, -0.1) is 0 Å². The Morgan fingerprint density at radius 2 is 2.05 bits per heavy atom. The summed E-state index contributed by atoms with van der Waals surface area (Å²) >= 11 is 0. The molecule has 0 saturated carbocycles. The minimum absolute atomic E-state index is 0.225. The summed E-state index contributed by atoms with van der Waals surface area (Å²) < 4.78 is 18.6. The molecule has 2 aromatic rings. The average Bonchev–Trinajstić information content (AvgIpc) is 2.49. The number of amides is 1.